The third kappa shape index (κ3) is 3.60. The predicted octanol–water partition coefficient (Wildman–Crippen LogP) is 4.48. The average molecular weight is 370 g/mol. The second-order valence-electron chi connectivity index (χ2n) is 5.97. The lowest BCUT2D eigenvalue weighted by Crippen LogP contribution is -2.14. The number of anilines is 1. The predicted molar refractivity (Wildman–Crippen MR) is 105 cm³/mol. The van der Waals surface area contributed by atoms with Crippen LogP contribution in [0.5, 0.6) is 11.5 Å². The Bertz CT molecular complexity index is 914. The standard InChI is InChI=1S/C20H22N2O3S/c1-13-10-17(14(2)22(13)12-16-6-5-9-26-16)20(23)21-18-8-7-15(24-3)11-19(18)25-4/h5-11H,12H2,1-4H3,(H,21,23). The number of aromatic nitrogens is 1. The van der Waals surface area contributed by atoms with Gasteiger partial charge in [-0.1, -0.05) is 6.07 Å². The molecule has 2 heterocycles. The number of nitrogens with one attached hydrogen (secondary N) is 1. The van der Waals surface area contributed by atoms with Gasteiger partial charge in [0.15, 0.2) is 0 Å². The van der Waals surface area contributed by atoms with Crippen LogP contribution in [0, 0.1) is 13.8 Å². The molecule has 0 aliphatic heterocycles. The molecule has 1 amide bonds. The van der Waals surface area contributed by atoms with Crippen molar-refractivity contribution in [3.63, 3.8) is 0 Å². The van der Waals surface area contributed by atoms with E-state index in [0.717, 1.165) is 17.9 Å². The number of thiophene rings is 1. The maximum absolute atomic E-state index is 12.8. The lowest BCUT2D eigenvalue weighted by Gasteiger charge is -2.12. The van der Waals surface area contributed by atoms with Crippen LogP contribution >= 0.6 is 11.3 Å². The van der Waals surface area contributed by atoms with Gasteiger partial charge in [-0.2, -0.15) is 0 Å². The van der Waals surface area contributed by atoms with Gasteiger partial charge in [-0.05, 0) is 43.5 Å². The van der Waals surface area contributed by atoms with Crippen molar-refractivity contribution in [1.29, 1.82) is 0 Å². The van der Waals surface area contributed by atoms with Crippen LogP contribution in [0.25, 0.3) is 0 Å². The van der Waals surface area contributed by atoms with Crippen LogP contribution in [0.2, 0.25) is 0 Å². The third-order valence-electron chi connectivity index (χ3n) is 4.37. The zero-order chi connectivity index (χ0) is 18.7. The summed E-state index contributed by atoms with van der Waals surface area (Å²) in [5, 5.41) is 5.00. The second kappa shape index (κ2) is 7.66. The molecule has 136 valence electrons. The molecule has 0 saturated heterocycles. The van der Waals surface area contributed by atoms with Gasteiger partial charge < -0.3 is 19.4 Å². The van der Waals surface area contributed by atoms with Gasteiger partial charge in [0.1, 0.15) is 11.5 Å². The van der Waals surface area contributed by atoms with Gasteiger partial charge in [0.2, 0.25) is 0 Å². The molecule has 3 aromatic rings. The molecular weight excluding hydrogens is 348 g/mol. The number of amides is 1. The number of nitrogens with zero attached hydrogens (tertiary/aromatic N) is 1. The zero-order valence-electron chi connectivity index (χ0n) is 15.3. The highest BCUT2D eigenvalue weighted by Crippen LogP contribution is 2.30. The molecule has 0 aliphatic carbocycles. The molecule has 0 atom stereocenters. The number of carbonyl (C=O) groups excluding carboxylic acids is 1. The Morgan fingerprint density at radius 3 is 2.62 bits per heavy atom. The van der Waals surface area contributed by atoms with Crippen LogP contribution in [-0.4, -0.2) is 24.7 Å². The van der Waals surface area contributed by atoms with E-state index in [1.807, 2.05) is 26.0 Å². The fraction of sp³-hybridized carbons (Fsp3) is 0.250. The number of methoxy groups -OCH3 is 2. The van der Waals surface area contributed by atoms with Gasteiger partial charge in [-0.15, -0.1) is 11.3 Å². The number of benzene rings is 1. The quantitative estimate of drug-likeness (QED) is 0.696. The summed E-state index contributed by atoms with van der Waals surface area (Å²) in [7, 11) is 3.16. The van der Waals surface area contributed by atoms with E-state index < -0.39 is 0 Å². The molecule has 6 heteroatoms. The Morgan fingerprint density at radius 2 is 1.96 bits per heavy atom. The fourth-order valence-corrected chi connectivity index (χ4v) is 3.62. The first-order valence-corrected chi connectivity index (χ1v) is 9.14. The lowest BCUT2D eigenvalue weighted by atomic mass is 10.2. The molecule has 0 spiro atoms. The molecule has 0 radical (unpaired) electrons. The van der Waals surface area contributed by atoms with E-state index in [4.69, 9.17) is 9.47 Å². The Morgan fingerprint density at radius 1 is 1.15 bits per heavy atom. The van der Waals surface area contributed by atoms with Crippen molar-refractivity contribution in [3.8, 4) is 11.5 Å². The van der Waals surface area contributed by atoms with Crippen LogP contribution < -0.4 is 14.8 Å². The van der Waals surface area contributed by atoms with Crippen LogP contribution in [0.3, 0.4) is 0 Å². The molecule has 1 N–H and O–H groups in total. The Labute approximate surface area is 157 Å². The summed E-state index contributed by atoms with van der Waals surface area (Å²) in [6, 6.07) is 11.4. The molecule has 0 fully saturated rings. The number of rotatable bonds is 6. The Hall–Kier alpha value is -2.73. The molecule has 0 unspecified atom stereocenters. The van der Waals surface area contributed by atoms with Gasteiger partial charge in [0.25, 0.3) is 5.91 Å². The highest BCUT2D eigenvalue weighted by atomic mass is 32.1. The molecule has 0 aliphatic rings. The van der Waals surface area contributed by atoms with Crippen molar-refractivity contribution in [1.82, 2.24) is 4.57 Å². The number of hydrogen-bond acceptors (Lipinski definition) is 4. The number of carbonyl (C=O) groups is 1. The normalized spacial score (nSPS) is 10.6. The van der Waals surface area contributed by atoms with Crippen molar-refractivity contribution in [3.05, 3.63) is 63.6 Å². The first kappa shape index (κ1) is 18.1. The van der Waals surface area contributed by atoms with E-state index in [9.17, 15) is 4.79 Å². The summed E-state index contributed by atoms with van der Waals surface area (Å²) >= 11 is 1.71. The second-order valence-corrected chi connectivity index (χ2v) is 7.00. The number of ether oxygens (including phenoxy) is 2. The minimum atomic E-state index is -0.154. The highest BCUT2D eigenvalue weighted by Gasteiger charge is 2.18. The fourth-order valence-electron chi connectivity index (χ4n) is 2.92. The van der Waals surface area contributed by atoms with Crippen LogP contribution in [0.15, 0.2) is 41.8 Å². The Balaban J connectivity index is 1.85. The van der Waals surface area contributed by atoms with Crippen LogP contribution in [0.4, 0.5) is 5.69 Å². The van der Waals surface area contributed by atoms with E-state index >= 15 is 0 Å². The average Bonchev–Trinajstić information content (AvgIpc) is 3.25. The summed E-state index contributed by atoms with van der Waals surface area (Å²) < 4.78 is 12.7. The van der Waals surface area contributed by atoms with Crippen molar-refractivity contribution in [2.24, 2.45) is 0 Å². The maximum Gasteiger partial charge on any atom is 0.257 e. The minimum Gasteiger partial charge on any atom is -0.497 e. The molecule has 0 bridgehead atoms. The van der Waals surface area contributed by atoms with E-state index in [1.54, 1.807) is 43.8 Å². The van der Waals surface area contributed by atoms with Crippen molar-refractivity contribution < 1.29 is 14.3 Å². The largest absolute Gasteiger partial charge is 0.497 e. The van der Waals surface area contributed by atoms with Gasteiger partial charge in [-0.25, -0.2) is 0 Å². The lowest BCUT2D eigenvalue weighted by molar-refractivity contribution is 0.102. The van der Waals surface area contributed by atoms with E-state index in [1.165, 1.54) is 4.88 Å². The van der Waals surface area contributed by atoms with E-state index in [-0.39, 0.29) is 5.91 Å². The topological polar surface area (TPSA) is 52.5 Å². The monoisotopic (exact) mass is 370 g/mol. The van der Waals surface area contributed by atoms with Crippen molar-refractivity contribution in [2.45, 2.75) is 20.4 Å². The number of aryl methyl sites for hydroxylation is 1. The molecular formula is C20H22N2O3S. The molecule has 3 rings (SSSR count). The van der Waals surface area contributed by atoms with Gasteiger partial charge in [-0.3, -0.25) is 4.79 Å². The smallest absolute Gasteiger partial charge is 0.257 e. The molecule has 0 saturated carbocycles. The highest BCUT2D eigenvalue weighted by molar-refractivity contribution is 7.09. The molecule has 1 aromatic carbocycles. The van der Waals surface area contributed by atoms with Crippen LogP contribution in [-0.2, 0) is 6.54 Å². The molecule has 5 nitrogen and oxygen atoms in total. The first-order chi connectivity index (χ1) is 12.5. The Kier molecular flexibility index (Phi) is 5.32. The van der Waals surface area contributed by atoms with Crippen molar-refractivity contribution in [2.75, 3.05) is 19.5 Å². The van der Waals surface area contributed by atoms with E-state index in [0.29, 0.717) is 22.7 Å². The first-order valence-electron chi connectivity index (χ1n) is 8.26. The maximum atomic E-state index is 12.8. The minimum absolute atomic E-state index is 0.154. The van der Waals surface area contributed by atoms with Crippen molar-refractivity contribution >= 4 is 22.9 Å². The zero-order valence-corrected chi connectivity index (χ0v) is 16.1. The van der Waals surface area contributed by atoms with Gasteiger partial charge in [0.05, 0.1) is 32.0 Å². The summed E-state index contributed by atoms with van der Waals surface area (Å²) in [5.41, 5.74) is 3.28. The molecule has 2 aromatic heterocycles. The summed E-state index contributed by atoms with van der Waals surface area (Å²) in [6.45, 7) is 4.76. The van der Waals surface area contributed by atoms with Gasteiger partial charge in [0, 0.05) is 22.3 Å². The summed E-state index contributed by atoms with van der Waals surface area (Å²) in [5.74, 6) is 1.08. The number of hydrogen-bond donors (Lipinski definition) is 1. The molecule has 26 heavy (non-hydrogen) atoms. The summed E-state index contributed by atoms with van der Waals surface area (Å²) in [4.78, 5) is 14.1. The van der Waals surface area contributed by atoms with Gasteiger partial charge >= 0.3 is 0 Å². The SMILES string of the molecule is COc1ccc(NC(=O)c2cc(C)n(Cc3cccs3)c2C)c(OC)c1. The summed E-state index contributed by atoms with van der Waals surface area (Å²) in [6.07, 6.45) is 0. The van der Waals surface area contributed by atoms with E-state index in [2.05, 4.69) is 21.3 Å². The van der Waals surface area contributed by atoms with Crippen LogP contribution in [0.1, 0.15) is 26.6 Å². The third-order valence-corrected chi connectivity index (χ3v) is 5.23.